The van der Waals surface area contributed by atoms with Crippen LogP contribution in [0.25, 0.3) is 5.32 Å². The van der Waals surface area contributed by atoms with Gasteiger partial charge >= 0.3 is 5.92 Å². The largest absolute Gasteiger partial charge is 0.462 e. The monoisotopic (exact) mass is 441 g/mol. The van der Waals surface area contributed by atoms with Crippen LogP contribution in [-0.2, 0) is 10.7 Å². The number of amides is 1. The normalized spacial score (nSPS) is 13.4. The molecule has 0 aromatic heterocycles. The maximum atomic E-state index is 14.4. The van der Waals surface area contributed by atoms with Crippen LogP contribution in [0.4, 0.5) is 8.78 Å². The van der Waals surface area contributed by atoms with Crippen LogP contribution >= 0.6 is 11.8 Å². The number of carbonyl (C=O) groups excluding carboxylic acids is 1. The summed E-state index contributed by atoms with van der Waals surface area (Å²) in [5.74, 6) is 2.53. The number of aliphatic hydroxyl groups excluding tert-OH is 1. The van der Waals surface area contributed by atoms with E-state index in [2.05, 4.69) is 10.4 Å². The van der Waals surface area contributed by atoms with Crippen molar-refractivity contribution in [2.24, 2.45) is 10.9 Å². The van der Waals surface area contributed by atoms with Gasteiger partial charge in [-0.3, -0.25) is 4.79 Å². The van der Waals surface area contributed by atoms with Gasteiger partial charge in [0.05, 0.1) is 0 Å². The molecule has 1 aromatic carbocycles. The highest BCUT2D eigenvalue weighted by Gasteiger charge is 2.38. The number of hydrogen-bond donors (Lipinski definition) is 2. The van der Waals surface area contributed by atoms with Gasteiger partial charge in [-0.2, -0.15) is 8.78 Å². The van der Waals surface area contributed by atoms with Crippen molar-refractivity contribution in [3.63, 3.8) is 0 Å². The number of amidine groups is 1. The third-order valence-electron chi connectivity index (χ3n) is 4.35. The molecule has 1 unspecified atom stereocenters. The van der Waals surface area contributed by atoms with Gasteiger partial charge in [0.25, 0.3) is 0 Å². The molecule has 1 atom stereocenters. The molecule has 0 saturated carbocycles. The third kappa shape index (κ3) is 8.71. The molecule has 168 valence electrons. The van der Waals surface area contributed by atoms with E-state index in [9.17, 15) is 18.7 Å². The van der Waals surface area contributed by atoms with Gasteiger partial charge in [0.2, 0.25) is 5.91 Å². The van der Waals surface area contributed by atoms with E-state index in [1.54, 1.807) is 18.0 Å². The zero-order valence-electron chi connectivity index (χ0n) is 17.5. The first kappa shape index (κ1) is 25.9. The summed E-state index contributed by atoms with van der Waals surface area (Å²) >= 11 is 1.44. The van der Waals surface area contributed by atoms with E-state index in [1.165, 1.54) is 42.1 Å². The maximum Gasteiger partial charge on any atom is 0.302 e. The lowest BCUT2D eigenvalue weighted by atomic mass is 10.0. The lowest BCUT2D eigenvalue weighted by Crippen LogP contribution is -2.33. The Kier molecular flexibility index (Phi) is 12.1. The molecule has 0 saturated heterocycles. The number of thioether (sulfide) groups is 1. The third-order valence-corrected chi connectivity index (χ3v) is 5.39. The van der Waals surface area contributed by atoms with Crippen molar-refractivity contribution in [2.75, 3.05) is 25.9 Å². The summed E-state index contributed by atoms with van der Waals surface area (Å²) in [6.45, 7) is 2.59. The fraction of sp³-hybridized carbons (Fsp3) is 0.524. The van der Waals surface area contributed by atoms with Crippen molar-refractivity contribution in [3.05, 3.63) is 53.4 Å². The van der Waals surface area contributed by atoms with E-state index >= 15 is 0 Å². The number of unbranched alkanes of at least 4 members (excludes halogenated alkanes) is 1. The highest BCUT2D eigenvalue weighted by molar-refractivity contribution is 8.14. The highest BCUT2D eigenvalue weighted by atomic mass is 32.2. The van der Waals surface area contributed by atoms with Crippen LogP contribution in [0, 0.1) is 0 Å². The van der Waals surface area contributed by atoms with Gasteiger partial charge in [-0.1, -0.05) is 56.5 Å². The van der Waals surface area contributed by atoms with Gasteiger partial charge in [-0.05, 0) is 30.2 Å². The van der Waals surface area contributed by atoms with E-state index in [0.717, 1.165) is 24.7 Å². The van der Waals surface area contributed by atoms with Crippen molar-refractivity contribution in [3.8, 4) is 0 Å². The Morgan fingerprint density at radius 1 is 1.37 bits per heavy atom. The highest BCUT2D eigenvalue weighted by Crippen LogP contribution is 2.32. The van der Waals surface area contributed by atoms with Gasteiger partial charge in [0.1, 0.15) is 6.10 Å². The molecule has 0 spiro atoms. The molecule has 0 heterocycles. The molecule has 0 aliphatic heterocycles. The molecule has 3 N–H and O–H groups in total. The summed E-state index contributed by atoms with van der Waals surface area (Å²) in [5.41, 5.74) is -0.252. The van der Waals surface area contributed by atoms with Gasteiger partial charge < -0.3 is 26.3 Å². The molecule has 0 radical (unpaired) electrons. The summed E-state index contributed by atoms with van der Waals surface area (Å²) in [6.07, 6.45) is 3.20. The van der Waals surface area contributed by atoms with Gasteiger partial charge in [-0.15, -0.1) is 11.8 Å². The van der Waals surface area contributed by atoms with Crippen molar-refractivity contribution >= 4 is 22.8 Å². The van der Waals surface area contributed by atoms with E-state index in [4.69, 9.17) is 5.84 Å². The second-order valence-corrected chi connectivity index (χ2v) is 7.70. The Labute approximate surface area is 181 Å². The number of halogens is 2. The molecular weight excluding hydrogens is 410 g/mol. The second kappa shape index (κ2) is 14.0. The van der Waals surface area contributed by atoms with Gasteiger partial charge in [-0.25, -0.2) is 0 Å². The summed E-state index contributed by atoms with van der Waals surface area (Å²) in [4.78, 5) is 14.0. The lowest BCUT2D eigenvalue weighted by Gasteiger charge is -2.23. The van der Waals surface area contributed by atoms with E-state index in [1.807, 2.05) is 6.92 Å². The average molecular weight is 442 g/mol. The second-order valence-electron chi connectivity index (χ2n) is 6.64. The number of alkyl halides is 2. The number of nitrogens with two attached hydrogens (primary N) is 1. The first-order valence-corrected chi connectivity index (χ1v) is 10.9. The minimum Gasteiger partial charge on any atom is -0.462 e. The van der Waals surface area contributed by atoms with E-state index in [0.29, 0.717) is 24.6 Å². The van der Waals surface area contributed by atoms with Crippen LogP contribution in [0.5, 0.6) is 0 Å². The zero-order valence-corrected chi connectivity index (χ0v) is 18.3. The number of aliphatic hydroxyl groups is 1. The summed E-state index contributed by atoms with van der Waals surface area (Å²) in [5, 5.41) is 17.9. The topological polar surface area (TPSA) is 93.0 Å². The standard InChI is InChI=1S/C21H31F2N4O2S/c1-3-10-19(29)27(14-7-8-16-30-20(25-2)26-24)15-9-13-18(28)21(22,23)17-11-5-4-6-12-17/h4-6,9,11-13,18,28H,3,7-8,10,14-16,24H2,1-2H3/q-1/b13-9+. The minimum atomic E-state index is -3.40. The van der Waals surface area contributed by atoms with Crippen LogP contribution < -0.4 is 5.84 Å². The number of nitrogens with zero attached hydrogens (tertiary/aromatic N) is 3. The zero-order chi connectivity index (χ0) is 22.4. The van der Waals surface area contributed by atoms with Crippen molar-refractivity contribution in [2.45, 2.75) is 44.6 Å². The quantitative estimate of drug-likeness (QED) is 0.128. The molecular formula is C21H31F2N4O2S-. The Morgan fingerprint density at radius 2 is 2.07 bits per heavy atom. The number of benzene rings is 1. The van der Waals surface area contributed by atoms with Gasteiger partial charge in [0.15, 0.2) is 0 Å². The predicted molar refractivity (Wildman–Crippen MR) is 120 cm³/mol. The Morgan fingerprint density at radius 3 is 2.67 bits per heavy atom. The molecule has 0 fully saturated rings. The van der Waals surface area contributed by atoms with Crippen LogP contribution in [0.1, 0.15) is 38.2 Å². The number of hydrogen-bond acceptors (Lipinski definition) is 5. The van der Waals surface area contributed by atoms with Crippen LogP contribution in [0.3, 0.4) is 0 Å². The molecule has 30 heavy (non-hydrogen) atoms. The Hall–Kier alpha value is -2.13. The molecule has 0 bridgehead atoms. The van der Waals surface area contributed by atoms with Crippen LogP contribution in [-0.4, -0.2) is 53.1 Å². The molecule has 6 nitrogen and oxygen atoms in total. The van der Waals surface area contributed by atoms with E-state index < -0.39 is 12.0 Å². The van der Waals surface area contributed by atoms with Crippen LogP contribution in [0.15, 0.2) is 47.6 Å². The van der Waals surface area contributed by atoms with E-state index in [-0.39, 0.29) is 18.0 Å². The maximum absolute atomic E-state index is 14.4. The molecule has 1 aromatic rings. The fourth-order valence-electron chi connectivity index (χ4n) is 2.69. The number of hydrazone groups is 1. The first-order valence-electron chi connectivity index (χ1n) is 9.93. The Balaban J connectivity index is 2.59. The first-order chi connectivity index (χ1) is 14.4. The average Bonchev–Trinajstić information content (AvgIpc) is 2.75. The van der Waals surface area contributed by atoms with Gasteiger partial charge in [0, 0.05) is 25.1 Å². The van der Waals surface area contributed by atoms with Crippen molar-refractivity contribution in [1.82, 2.24) is 4.90 Å². The SMILES string of the molecule is CCCC(=O)N(C/C=C/C(O)C(F)(F)c1ccccc1)CCCCS/C(=N/N)[N-]C. The summed E-state index contributed by atoms with van der Waals surface area (Å²) < 4.78 is 28.7. The predicted octanol–water partition coefficient (Wildman–Crippen LogP) is 4.07. The fourth-order valence-corrected chi connectivity index (χ4v) is 3.42. The lowest BCUT2D eigenvalue weighted by molar-refractivity contribution is -0.130. The molecule has 9 heteroatoms. The molecule has 1 amide bonds. The molecule has 0 aliphatic rings. The summed E-state index contributed by atoms with van der Waals surface area (Å²) in [6, 6.07) is 7.19. The molecule has 0 aliphatic carbocycles. The summed E-state index contributed by atoms with van der Waals surface area (Å²) in [7, 11) is 1.62. The van der Waals surface area contributed by atoms with Crippen LogP contribution in [0.2, 0.25) is 0 Å². The minimum absolute atomic E-state index is 0.0353. The molecule has 1 rings (SSSR count). The Bertz CT molecular complexity index is 687. The smallest absolute Gasteiger partial charge is 0.302 e. The van der Waals surface area contributed by atoms with Crippen molar-refractivity contribution in [1.29, 1.82) is 0 Å². The number of rotatable bonds is 12. The van der Waals surface area contributed by atoms with Crippen molar-refractivity contribution < 1.29 is 18.7 Å². The number of carbonyl (C=O) groups is 1.